The smallest absolute Gasteiger partial charge is 0.185 e. The van der Waals surface area contributed by atoms with E-state index >= 15 is 0 Å². The molecule has 0 aromatic carbocycles. The first-order chi connectivity index (χ1) is 18.1. The van der Waals surface area contributed by atoms with Crippen LogP contribution >= 0.6 is 11.6 Å². The number of pyridine rings is 1. The van der Waals surface area contributed by atoms with Crippen LogP contribution in [0.3, 0.4) is 0 Å². The Morgan fingerprint density at radius 3 is 2.92 bits per heavy atom. The van der Waals surface area contributed by atoms with Crippen molar-refractivity contribution in [1.82, 2.24) is 4.98 Å². The zero-order chi connectivity index (χ0) is 26.9. The molecule has 3 unspecified atom stereocenters. The number of hydrogen-bond acceptors (Lipinski definition) is 7. The Morgan fingerprint density at radius 1 is 1.34 bits per heavy atom. The number of hydrogen-bond donors (Lipinski definition) is 1. The average Bonchev–Trinajstić information content (AvgIpc) is 3.29. The molecule has 9 atom stereocenters. The van der Waals surface area contributed by atoms with Gasteiger partial charge >= 0.3 is 0 Å². The predicted octanol–water partition coefficient (Wildman–Crippen LogP) is 5.04. The molecule has 4 fully saturated rings. The molecule has 1 aromatic heterocycles. The van der Waals surface area contributed by atoms with Crippen molar-refractivity contribution < 1.29 is 24.2 Å². The van der Waals surface area contributed by atoms with Crippen LogP contribution in [0.25, 0.3) is 0 Å². The summed E-state index contributed by atoms with van der Waals surface area (Å²) in [5.74, 6) is -0.200. The van der Waals surface area contributed by atoms with Gasteiger partial charge in [-0.05, 0) is 74.6 Å². The SMILES string of the molecule is C[C@]12C=CC(=O)C=C1CCCC1[C@@H]2C(O)CC[C@@]2(C)[C@H]1C[C@H]1OC(c3ccnc(Cl)c3)O[C@]12C(=O)CC#N. The number of carbonyl (C=O) groups excluding carboxylic acids is 2. The van der Waals surface area contributed by atoms with Gasteiger partial charge in [-0.2, -0.15) is 5.26 Å². The van der Waals surface area contributed by atoms with Gasteiger partial charge in [0.1, 0.15) is 5.15 Å². The van der Waals surface area contributed by atoms with Crippen LogP contribution in [0.2, 0.25) is 5.15 Å². The fraction of sp³-hybridized carbons (Fsp3) is 0.600. The molecule has 6 rings (SSSR count). The van der Waals surface area contributed by atoms with Crippen molar-refractivity contribution in [3.05, 3.63) is 52.8 Å². The summed E-state index contributed by atoms with van der Waals surface area (Å²) in [4.78, 5) is 30.2. The summed E-state index contributed by atoms with van der Waals surface area (Å²) in [5, 5.41) is 21.6. The molecule has 1 aromatic rings. The fourth-order valence-electron chi connectivity index (χ4n) is 8.82. The van der Waals surface area contributed by atoms with Crippen LogP contribution in [0.4, 0.5) is 0 Å². The van der Waals surface area contributed by atoms with E-state index in [1.54, 1.807) is 30.5 Å². The number of nitrogens with zero attached hydrogens (tertiary/aromatic N) is 2. The second kappa shape index (κ2) is 9.09. The van der Waals surface area contributed by atoms with Crippen molar-refractivity contribution in [1.29, 1.82) is 5.26 Å². The number of halogens is 1. The molecule has 5 aliphatic rings. The summed E-state index contributed by atoms with van der Waals surface area (Å²) < 4.78 is 13.2. The number of fused-ring (bicyclic) bond motifs is 7. The van der Waals surface area contributed by atoms with Gasteiger partial charge in [0.05, 0.1) is 24.7 Å². The summed E-state index contributed by atoms with van der Waals surface area (Å²) in [6.45, 7) is 4.26. The third-order valence-corrected chi connectivity index (χ3v) is 10.7. The third-order valence-electron chi connectivity index (χ3n) is 10.5. The zero-order valence-electron chi connectivity index (χ0n) is 21.7. The van der Waals surface area contributed by atoms with Crippen molar-refractivity contribution in [3.8, 4) is 6.07 Å². The molecule has 0 radical (unpaired) electrons. The molecule has 0 amide bonds. The maximum atomic E-state index is 13.9. The second-order valence-corrected chi connectivity index (χ2v) is 12.5. The molecular weight excluding hydrogens is 504 g/mol. The maximum absolute atomic E-state index is 13.9. The van der Waals surface area contributed by atoms with Crippen LogP contribution < -0.4 is 0 Å². The lowest BCUT2D eigenvalue weighted by atomic mass is 9.58. The van der Waals surface area contributed by atoms with Gasteiger partial charge in [0, 0.05) is 28.5 Å². The molecular formula is C30H33ClN2O5. The van der Waals surface area contributed by atoms with E-state index in [9.17, 15) is 20.0 Å². The Hall–Kier alpha value is -2.37. The van der Waals surface area contributed by atoms with E-state index in [2.05, 4.69) is 24.9 Å². The van der Waals surface area contributed by atoms with Gasteiger partial charge in [-0.15, -0.1) is 0 Å². The van der Waals surface area contributed by atoms with Crippen LogP contribution in [0.15, 0.2) is 42.1 Å². The zero-order valence-corrected chi connectivity index (χ0v) is 22.5. The molecule has 38 heavy (non-hydrogen) atoms. The quantitative estimate of drug-likeness (QED) is 0.539. The Kier molecular flexibility index (Phi) is 6.19. The van der Waals surface area contributed by atoms with Crippen molar-refractivity contribution in [2.75, 3.05) is 0 Å². The van der Waals surface area contributed by atoms with Crippen molar-refractivity contribution >= 4 is 23.2 Å². The van der Waals surface area contributed by atoms with Crippen molar-refractivity contribution in [3.63, 3.8) is 0 Å². The molecule has 4 aliphatic carbocycles. The standard InChI is InChI=1S/C30H33ClN2O5/c1-28-10-6-19(34)15-18(28)4-3-5-20-21-16-24-30(23(36)8-12-32,29(21,2)11-7-22(35)26(20)28)38-27(37-24)17-9-13-33-25(31)14-17/h6,9-10,13-15,20-22,24,26-27,35H,3-5,7-8,11,16H2,1-2H3/t20?,21-,22?,24+,26+,27?,28-,29-,30+/m0/s1. The topological polar surface area (TPSA) is 110 Å². The number of allylic oxidation sites excluding steroid dienone is 4. The van der Waals surface area contributed by atoms with E-state index in [1.807, 2.05) is 6.08 Å². The molecule has 0 spiro atoms. The number of carbonyl (C=O) groups is 2. The highest BCUT2D eigenvalue weighted by Crippen LogP contribution is 2.68. The van der Waals surface area contributed by atoms with Crippen LogP contribution in [0.5, 0.6) is 0 Å². The number of Topliss-reactive ketones (excluding diaryl/α,β-unsaturated/α-hetero) is 1. The number of rotatable bonds is 3. The number of aromatic nitrogens is 1. The van der Waals surface area contributed by atoms with E-state index in [4.69, 9.17) is 21.1 Å². The molecule has 0 bridgehead atoms. The molecule has 1 aliphatic heterocycles. The van der Waals surface area contributed by atoms with Crippen molar-refractivity contribution in [2.24, 2.45) is 28.6 Å². The van der Waals surface area contributed by atoms with Gasteiger partial charge < -0.3 is 14.6 Å². The van der Waals surface area contributed by atoms with Gasteiger partial charge in [0.2, 0.25) is 0 Å². The first-order valence-corrected chi connectivity index (χ1v) is 14.0. The van der Waals surface area contributed by atoms with E-state index in [-0.39, 0.29) is 35.7 Å². The second-order valence-electron chi connectivity index (χ2n) is 12.1. The first-order valence-electron chi connectivity index (χ1n) is 13.6. The lowest BCUT2D eigenvalue weighted by Gasteiger charge is -2.47. The van der Waals surface area contributed by atoms with E-state index < -0.39 is 34.9 Å². The first kappa shape index (κ1) is 25.9. The molecule has 200 valence electrons. The largest absolute Gasteiger partial charge is 0.393 e. The molecule has 1 saturated heterocycles. The van der Waals surface area contributed by atoms with E-state index in [1.165, 1.54) is 0 Å². The Balaban J connectivity index is 1.44. The van der Waals surface area contributed by atoms with Crippen molar-refractivity contribution in [2.45, 2.75) is 82.9 Å². The minimum absolute atomic E-state index is 0.00406. The number of aliphatic hydroxyl groups is 1. The Bertz CT molecular complexity index is 1290. The fourth-order valence-corrected chi connectivity index (χ4v) is 9.01. The molecule has 8 heteroatoms. The highest BCUT2D eigenvalue weighted by atomic mass is 35.5. The lowest BCUT2D eigenvalue weighted by Crippen LogP contribution is -2.56. The van der Waals surface area contributed by atoms with Crippen LogP contribution in [-0.4, -0.2) is 39.5 Å². The van der Waals surface area contributed by atoms with Gasteiger partial charge in [-0.3, -0.25) is 9.59 Å². The summed E-state index contributed by atoms with van der Waals surface area (Å²) in [6, 6.07) is 5.50. The Morgan fingerprint density at radius 2 is 2.16 bits per heavy atom. The minimum atomic E-state index is -1.30. The summed E-state index contributed by atoms with van der Waals surface area (Å²) >= 11 is 6.15. The molecule has 1 N–H and O–H groups in total. The van der Waals surface area contributed by atoms with Crippen LogP contribution in [-0.2, 0) is 19.1 Å². The number of ketones is 2. The van der Waals surface area contributed by atoms with Gasteiger partial charge in [-0.1, -0.05) is 37.1 Å². The average molecular weight is 537 g/mol. The monoisotopic (exact) mass is 536 g/mol. The van der Waals surface area contributed by atoms with Crippen LogP contribution in [0.1, 0.15) is 70.6 Å². The summed E-state index contributed by atoms with van der Waals surface area (Å²) in [6.07, 6.45) is 9.11. The molecule has 2 heterocycles. The third kappa shape index (κ3) is 3.54. The lowest BCUT2D eigenvalue weighted by molar-refractivity contribution is -0.173. The van der Waals surface area contributed by atoms with E-state index in [0.717, 1.165) is 24.8 Å². The van der Waals surface area contributed by atoms with E-state index in [0.29, 0.717) is 30.0 Å². The number of aliphatic hydroxyl groups excluding tert-OH is 1. The molecule has 7 nitrogen and oxygen atoms in total. The summed E-state index contributed by atoms with van der Waals surface area (Å²) in [5.41, 5.74) is -0.595. The highest BCUT2D eigenvalue weighted by molar-refractivity contribution is 6.29. The highest BCUT2D eigenvalue weighted by Gasteiger charge is 2.74. The predicted molar refractivity (Wildman–Crippen MR) is 139 cm³/mol. The van der Waals surface area contributed by atoms with Gasteiger partial charge in [0.25, 0.3) is 0 Å². The van der Waals surface area contributed by atoms with Gasteiger partial charge in [0.15, 0.2) is 23.5 Å². The molecule has 3 saturated carbocycles. The normalized spacial score (nSPS) is 43.6. The Labute approximate surface area is 227 Å². The summed E-state index contributed by atoms with van der Waals surface area (Å²) in [7, 11) is 0. The van der Waals surface area contributed by atoms with Gasteiger partial charge in [-0.25, -0.2) is 4.98 Å². The minimum Gasteiger partial charge on any atom is -0.393 e. The number of nitriles is 1. The number of ether oxygens (including phenoxy) is 2. The maximum Gasteiger partial charge on any atom is 0.185 e. The van der Waals surface area contributed by atoms with Crippen LogP contribution in [0, 0.1) is 39.9 Å².